The summed E-state index contributed by atoms with van der Waals surface area (Å²) < 4.78 is 10.9. The molecule has 0 aliphatic carbocycles. The van der Waals surface area contributed by atoms with E-state index >= 15 is 0 Å². The Morgan fingerprint density at radius 1 is 1.19 bits per heavy atom. The van der Waals surface area contributed by atoms with Gasteiger partial charge in [-0.25, -0.2) is 0 Å². The molecule has 0 bridgehead atoms. The van der Waals surface area contributed by atoms with Crippen molar-refractivity contribution in [2.45, 2.75) is 18.8 Å². The highest BCUT2D eigenvalue weighted by atomic mass is 16.5. The van der Waals surface area contributed by atoms with E-state index in [0.717, 1.165) is 29.0 Å². The normalized spacial score (nSPS) is 16.7. The summed E-state index contributed by atoms with van der Waals surface area (Å²) in [4.78, 5) is 12.7. The summed E-state index contributed by atoms with van der Waals surface area (Å²) in [5.74, 6) is 1.74. The molecule has 1 heterocycles. The number of rotatable bonds is 4. The van der Waals surface area contributed by atoms with Crippen molar-refractivity contribution in [3.63, 3.8) is 0 Å². The first-order chi connectivity index (χ1) is 10.3. The van der Waals surface area contributed by atoms with Gasteiger partial charge in [-0.1, -0.05) is 36.4 Å². The predicted octanol–water partition coefficient (Wildman–Crippen LogP) is 3.37. The topological polar surface area (TPSA) is 35.5 Å². The molecular weight excluding hydrogens is 264 g/mol. The number of fused-ring (bicyclic) bond motifs is 1. The highest BCUT2D eigenvalue weighted by Crippen LogP contribution is 2.35. The van der Waals surface area contributed by atoms with Gasteiger partial charge in [0.2, 0.25) is 0 Å². The van der Waals surface area contributed by atoms with Crippen LogP contribution in [-0.4, -0.2) is 19.5 Å². The summed E-state index contributed by atoms with van der Waals surface area (Å²) in [6, 6.07) is 15.5. The van der Waals surface area contributed by atoms with Crippen LogP contribution in [0, 0.1) is 0 Å². The van der Waals surface area contributed by atoms with Gasteiger partial charge >= 0.3 is 0 Å². The van der Waals surface area contributed by atoms with Gasteiger partial charge in [0.05, 0.1) is 13.7 Å². The number of hydrogen-bond acceptors (Lipinski definition) is 3. The molecule has 0 saturated heterocycles. The molecule has 1 unspecified atom stereocenters. The van der Waals surface area contributed by atoms with Crippen LogP contribution in [0.4, 0.5) is 0 Å². The maximum absolute atomic E-state index is 12.7. The van der Waals surface area contributed by atoms with Crippen molar-refractivity contribution >= 4 is 5.78 Å². The zero-order valence-electron chi connectivity index (χ0n) is 12.0. The van der Waals surface area contributed by atoms with E-state index in [-0.39, 0.29) is 11.7 Å². The molecule has 3 rings (SSSR count). The first kappa shape index (κ1) is 13.7. The number of Topliss-reactive ketones (excluding diaryl/α,β-unsaturated/α-hetero) is 1. The van der Waals surface area contributed by atoms with E-state index in [1.807, 2.05) is 48.5 Å². The second kappa shape index (κ2) is 6.00. The van der Waals surface area contributed by atoms with Gasteiger partial charge in [-0.2, -0.15) is 0 Å². The van der Waals surface area contributed by atoms with Crippen molar-refractivity contribution < 1.29 is 14.3 Å². The molecule has 2 aromatic carbocycles. The molecule has 0 amide bonds. The lowest BCUT2D eigenvalue weighted by molar-refractivity contribution is -0.120. The quantitative estimate of drug-likeness (QED) is 0.862. The van der Waals surface area contributed by atoms with Crippen molar-refractivity contribution in [2.24, 2.45) is 0 Å². The Hall–Kier alpha value is -2.29. The predicted molar refractivity (Wildman–Crippen MR) is 81.0 cm³/mol. The summed E-state index contributed by atoms with van der Waals surface area (Å²) in [6.45, 7) is 0.597. The number of ketones is 1. The average Bonchev–Trinajstić information content (AvgIpc) is 2.54. The number of methoxy groups -OCH3 is 1. The minimum absolute atomic E-state index is 0.0835. The van der Waals surface area contributed by atoms with Gasteiger partial charge in [-0.05, 0) is 18.6 Å². The largest absolute Gasteiger partial charge is 0.496 e. The van der Waals surface area contributed by atoms with Gasteiger partial charge < -0.3 is 9.47 Å². The van der Waals surface area contributed by atoms with Crippen LogP contribution in [0.15, 0.2) is 48.5 Å². The Labute approximate surface area is 124 Å². The van der Waals surface area contributed by atoms with E-state index in [9.17, 15) is 4.79 Å². The number of benzene rings is 2. The second-order valence-electron chi connectivity index (χ2n) is 5.18. The van der Waals surface area contributed by atoms with Crippen LogP contribution in [0.5, 0.6) is 11.5 Å². The lowest BCUT2D eigenvalue weighted by Gasteiger charge is -2.25. The molecule has 0 saturated carbocycles. The third-order valence-corrected chi connectivity index (χ3v) is 3.90. The molecule has 3 nitrogen and oxygen atoms in total. The summed E-state index contributed by atoms with van der Waals surface area (Å²) in [7, 11) is 1.63. The fourth-order valence-electron chi connectivity index (χ4n) is 2.84. The fraction of sp³-hybridized carbons (Fsp3) is 0.278. The molecule has 21 heavy (non-hydrogen) atoms. The third kappa shape index (κ3) is 2.77. The van der Waals surface area contributed by atoms with Crippen LogP contribution in [0.3, 0.4) is 0 Å². The minimum Gasteiger partial charge on any atom is -0.496 e. The summed E-state index contributed by atoms with van der Waals surface area (Å²) in [5.41, 5.74) is 1.94. The molecule has 0 spiro atoms. The van der Waals surface area contributed by atoms with Crippen LogP contribution in [0.25, 0.3) is 0 Å². The highest BCUT2D eigenvalue weighted by molar-refractivity contribution is 5.89. The first-order valence-electron chi connectivity index (χ1n) is 7.16. The second-order valence-corrected chi connectivity index (χ2v) is 5.18. The van der Waals surface area contributed by atoms with Gasteiger partial charge in [0, 0.05) is 23.5 Å². The van der Waals surface area contributed by atoms with Crippen LogP contribution in [-0.2, 0) is 11.2 Å². The Bertz CT molecular complexity index is 648. The molecule has 0 fully saturated rings. The van der Waals surface area contributed by atoms with Crippen LogP contribution in [0.2, 0.25) is 0 Å². The molecule has 1 aliphatic heterocycles. The van der Waals surface area contributed by atoms with E-state index in [1.165, 1.54) is 0 Å². The van der Waals surface area contributed by atoms with Crippen molar-refractivity contribution in [2.75, 3.05) is 13.7 Å². The molecular formula is C18H18O3. The van der Waals surface area contributed by atoms with E-state index in [2.05, 4.69) is 0 Å². The molecule has 1 atom stereocenters. The van der Waals surface area contributed by atoms with Crippen LogP contribution in [0.1, 0.15) is 23.5 Å². The summed E-state index contributed by atoms with van der Waals surface area (Å²) in [5, 5.41) is 0. The molecule has 0 radical (unpaired) electrons. The van der Waals surface area contributed by atoms with Gasteiger partial charge in [0.15, 0.2) is 0 Å². The lowest BCUT2D eigenvalue weighted by atomic mass is 9.86. The molecule has 1 aliphatic rings. The zero-order chi connectivity index (χ0) is 14.7. The van der Waals surface area contributed by atoms with Crippen molar-refractivity contribution in [1.29, 1.82) is 0 Å². The van der Waals surface area contributed by atoms with Gasteiger partial charge in [-0.15, -0.1) is 0 Å². The number of ether oxygens (including phenoxy) is 2. The molecule has 3 heteroatoms. The van der Waals surface area contributed by atoms with Crippen molar-refractivity contribution in [1.82, 2.24) is 0 Å². The van der Waals surface area contributed by atoms with Crippen LogP contribution >= 0.6 is 0 Å². The van der Waals surface area contributed by atoms with E-state index in [1.54, 1.807) is 7.11 Å². The monoisotopic (exact) mass is 282 g/mol. The number of carbonyl (C=O) groups is 1. The average molecular weight is 282 g/mol. The summed E-state index contributed by atoms with van der Waals surface area (Å²) in [6.07, 6.45) is 1.13. The maximum Gasteiger partial charge on any atom is 0.145 e. The van der Waals surface area contributed by atoms with Crippen LogP contribution < -0.4 is 9.47 Å². The Morgan fingerprint density at radius 2 is 1.95 bits per heavy atom. The van der Waals surface area contributed by atoms with Gasteiger partial charge in [0.1, 0.15) is 17.3 Å². The number of hydrogen-bond donors (Lipinski definition) is 0. The van der Waals surface area contributed by atoms with E-state index in [4.69, 9.17) is 9.47 Å². The molecule has 2 aromatic rings. The SMILES string of the molecule is COc1ccccc1CC(=O)C1CCOc2ccccc21. The van der Waals surface area contributed by atoms with Gasteiger partial charge in [0.25, 0.3) is 0 Å². The fourth-order valence-corrected chi connectivity index (χ4v) is 2.84. The van der Waals surface area contributed by atoms with E-state index in [0.29, 0.717) is 13.0 Å². The Morgan fingerprint density at radius 3 is 2.81 bits per heavy atom. The first-order valence-corrected chi connectivity index (χ1v) is 7.16. The maximum atomic E-state index is 12.7. The number of para-hydroxylation sites is 2. The zero-order valence-corrected chi connectivity index (χ0v) is 12.0. The Kier molecular flexibility index (Phi) is 3.91. The minimum atomic E-state index is -0.0835. The smallest absolute Gasteiger partial charge is 0.145 e. The van der Waals surface area contributed by atoms with Crippen molar-refractivity contribution in [3.05, 3.63) is 59.7 Å². The van der Waals surface area contributed by atoms with Crippen molar-refractivity contribution in [3.8, 4) is 11.5 Å². The third-order valence-electron chi connectivity index (χ3n) is 3.90. The van der Waals surface area contributed by atoms with Gasteiger partial charge in [-0.3, -0.25) is 4.79 Å². The summed E-state index contributed by atoms with van der Waals surface area (Å²) >= 11 is 0. The lowest BCUT2D eigenvalue weighted by Crippen LogP contribution is -2.22. The highest BCUT2D eigenvalue weighted by Gasteiger charge is 2.27. The number of carbonyl (C=O) groups excluding carboxylic acids is 1. The van der Waals surface area contributed by atoms with E-state index < -0.39 is 0 Å². The molecule has 108 valence electrons. The molecule has 0 N–H and O–H groups in total. The standard InChI is InChI=1S/C18H18O3/c1-20-17-8-4-2-6-13(17)12-16(19)14-10-11-21-18-9-5-3-7-15(14)18/h2-9,14H,10-12H2,1H3. The molecule has 0 aromatic heterocycles. The Balaban J connectivity index is 1.84.